The summed E-state index contributed by atoms with van der Waals surface area (Å²) < 4.78 is 0. The Bertz CT molecular complexity index is 277. The predicted molar refractivity (Wildman–Crippen MR) is 53.8 cm³/mol. The molecule has 1 aliphatic carbocycles. The first-order valence-electron chi connectivity index (χ1n) is 4.60. The molecule has 1 aliphatic rings. The number of hydrogen-bond acceptors (Lipinski definition) is 2. The van der Waals surface area contributed by atoms with Gasteiger partial charge in [-0.15, -0.1) is 11.3 Å². The van der Waals surface area contributed by atoms with Crippen molar-refractivity contribution in [2.24, 2.45) is 5.73 Å². The molecule has 0 aromatic carbocycles. The Hall–Kier alpha value is -0.340. The van der Waals surface area contributed by atoms with Gasteiger partial charge in [-0.05, 0) is 50.3 Å². The summed E-state index contributed by atoms with van der Waals surface area (Å²) in [7, 11) is 0. The minimum absolute atomic E-state index is 0.781. The summed E-state index contributed by atoms with van der Waals surface area (Å²) >= 11 is 1.97. The van der Waals surface area contributed by atoms with E-state index in [4.69, 9.17) is 5.73 Å². The van der Waals surface area contributed by atoms with Crippen LogP contribution in [0, 0.1) is 6.92 Å². The lowest BCUT2D eigenvalue weighted by Gasteiger charge is -2.06. The van der Waals surface area contributed by atoms with Crippen LogP contribution in [0.2, 0.25) is 0 Å². The van der Waals surface area contributed by atoms with E-state index in [1.165, 1.54) is 24.1 Å². The molecule has 0 radical (unpaired) electrons. The minimum atomic E-state index is 0.781. The third kappa shape index (κ3) is 1.29. The topological polar surface area (TPSA) is 26.0 Å². The summed E-state index contributed by atoms with van der Waals surface area (Å²) in [5, 5.41) is 0. The highest BCUT2D eigenvalue weighted by molar-refractivity contribution is 7.12. The number of fused-ring (bicyclic) bond motifs is 1. The van der Waals surface area contributed by atoms with E-state index in [0.29, 0.717) is 0 Å². The van der Waals surface area contributed by atoms with Crippen molar-refractivity contribution in [1.82, 2.24) is 0 Å². The number of hydrogen-bond donors (Lipinski definition) is 1. The van der Waals surface area contributed by atoms with Gasteiger partial charge in [-0.25, -0.2) is 0 Å². The van der Waals surface area contributed by atoms with E-state index in [2.05, 4.69) is 13.0 Å². The van der Waals surface area contributed by atoms with Gasteiger partial charge in [-0.2, -0.15) is 0 Å². The molecule has 1 unspecified atom stereocenters. The fourth-order valence-electron chi connectivity index (χ4n) is 2.06. The number of thiophene rings is 1. The van der Waals surface area contributed by atoms with Crippen molar-refractivity contribution in [3.63, 3.8) is 0 Å². The summed E-state index contributed by atoms with van der Waals surface area (Å²) in [6, 6.07) is 2.34. The van der Waals surface area contributed by atoms with Crippen molar-refractivity contribution in [2.45, 2.75) is 32.1 Å². The van der Waals surface area contributed by atoms with Crippen molar-refractivity contribution < 1.29 is 0 Å². The van der Waals surface area contributed by atoms with Crippen LogP contribution in [0.4, 0.5) is 0 Å². The molecule has 1 aromatic rings. The molecule has 1 heterocycles. The molecule has 66 valence electrons. The molecular weight excluding hydrogens is 166 g/mol. The van der Waals surface area contributed by atoms with E-state index in [1.54, 1.807) is 10.4 Å². The Kier molecular flexibility index (Phi) is 2.20. The monoisotopic (exact) mass is 181 g/mol. The van der Waals surface area contributed by atoms with Gasteiger partial charge in [-0.3, -0.25) is 0 Å². The highest BCUT2D eigenvalue weighted by Gasteiger charge is 2.23. The summed E-state index contributed by atoms with van der Waals surface area (Å²) in [6.45, 7) is 3.03. The molecule has 2 N–H and O–H groups in total. The van der Waals surface area contributed by atoms with Crippen LogP contribution < -0.4 is 5.73 Å². The van der Waals surface area contributed by atoms with E-state index in [1.807, 2.05) is 11.3 Å². The molecule has 0 amide bonds. The van der Waals surface area contributed by atoms with Gasteiger partial charge in [0.1, 0.15) is 0 Å². The van der Waals surface area contributed by atoms with Crippen molar-refractivity contribution in [3.05, 3.63) is 21.4 Å². The number of aryl methyl sites for hydroxylation is 2. The Morgan fingerprint density at radius 1 is 1.67 bits per heavy atom. The van der Waals surface area contributed by atoms with Gasteiger partial charge in [-0.1, -0.05) is 0 Å². The van der Waals surface area contributed by atoms with E-state index < -0.39 is 0 Å². The van der Waals surface area contributed by atoms with Crippen LogP contribution in [-0.2, 0) is 6.42 Å². The molecule has 0 saturated carbocycles. The fraction of sp³-hybridized carbons (Fsp3) is 0.600. The SMILES string of the molecule is Cc1cc2c(s1)C(CCN)CC2. The van der Waals surface area contributed by atoms with Gasteiger partial charge in [0.2, 0.25) is 0 Å². The molecule has 0 spiro atoms. The molecule has 2 rings (SSSR count). The second-order valence-electron chi connectivity index (χ2n) is 3.56. The molecule has 0 aliphatic heterocycles. The molecule has 1 nitrogen and oxygen atoms in total. The van der Waals surface area contributed by atoms with Crippen LogP contribution in [0.5, 0.6) is 0 Å². The van der Waals surface area contributed by atoms with E-state index in [-0.39, 0.29) is 0 Å². The molecule has 12 heavy (non-hydrogen) atoms. The van der Waals surface area contributed by atoms with Gasteiger partial charge < -0.3 is 5.73 Å². The molecule has 1 atom stereocenters. The lowest BCUT2D eigenvalue weighted by Crippen LogP contribution is -2.03. The van der Waals surface area contributed by atoms with Gasteiger partial charge in [0.15, 0.2) is 0 Å². The smallest absolute Gasteiger partial charge is 0.0112 e. The summed E-state index contributed by atoms with van der Waals surface area (Å²) in [5.74, 6) is 0.781. The lowest BCUT2D eigenvalue weighted by molar-refractivity contribution is 0.633. The van der Waals surface area contributed by atoms with Crippen molar-refractivity contribution in [2.75, 3.05) is 6.54 Å². The quantitative estimate of drug-likeness (QED) is 0.745. The highest BCUT2D eigenvalue weighted by Crippen LogP contribution is 2.40. The average Bonchev–Trinajstić information content (AvgIpc) is 2.52. The van der Waals surface area contributed by atoms with Crippen LogP contribution >= 0.6 is 11.3 Å². The standard InChI is InChI=1S/C10H15NS/c1-7-6-9-3-2-8(4-5-11)10(9)12-7/h6,8H,2-5,11H2,1H3. The van der Waals surface area contributed by atoms with E-state index in [9.17, 15) is 0 Å². The van der Waals surface area contributed by atoms with Crippen LogP contribution in [0.25, 0.3) is 0 Å². The molecule has 0 saturated heterocycles. The van der Waals surface area contributed by atoms with Crippen LogP contribution in [0.1, 0.15) is 34.1 Å². The summed E-state index contributed by atoms with van der Waals surface area (Å²) in [4.78, 5) is 3.08. The highest BCUT2D eigenvalue weighted by atomic mass is 32.1. The molecule has 0 bridgehead atoms. The van der Waals surface area contributed by atoms with Crippen molar-refractivity contribution >= 4 is 11.3 Å². The Balaban J connectivity index is 2.22. The maximum absolute atomic E-state index is 5.58. The fourth-order valence-corrected chi connectivity index (χ4v) is 3.31. The zero-order chi connectivity index (χ0) is 8.55. The second kappa shape index (κ2) is 3.19. The van der Waals surface area contributed by atoms with Gasteiger partial charge in [0.05, 0.1) is 0 Å². The Morgan fingerprint density at radius 3 is 3.25 bits per heavy atom. The average molecular weight is 181 g/mol. The summed E-state index contributed by atoms with van der Waals surface area (Å²) in [5.41, 5.74) is 7.17. The third-order valence-corrected chi connectivity index (χ3v) is 3.87. The zero-order valence-corrected chi connectivity index (χ0v) is 8.29. The van der Waals surface area contributed by atoms with Crippen LogP contribution in [0.15, 0.2) is 6.07 Å². The molecule has 1 aromatic heterocycles. The molecular formula is C10H15NS. The molecule has 0 fully saturated rings. The maximum atomic E-state index is 5.58. The van der Waals surface area contributed by atoms with E-state index in [0.717, 1.165) is 12.5 Å². The van der Waals surface area contributed by atoms with Crippen LogP contribution in [0.3, 0.4) is 0 Å². The Morgan fingerprint density at radius 2 is 2.50 bits per heavy atom. The first kappa shape index (κ1) is 8.27. The number of nitrogens with two attached hydrogens (primary N) is 1. The minimum Gasteiger partial charge on any atom is -0.330 e. The predicted octanol–water partition coefficient (Wildman–Crippen LogP) is 2.44. The zero-order valence-electron chi connectivity index (χ0n) is 7.47. The van der Waals surface area contributed by atoms with Crippen molar-refractivity contribution in [3.8, 4) is 0 Å². The van der Waals surface area contributed by atoms with E-state index >= 15 is 0 Å². The first-order chi connectivity index (χ1) is 5.81. The first-order valence-corrected chi connectivity index (χ1v) is 5.42. The van der Waals surface area contributed by atoms with Gasteiger partial charge in [0, 0.05) is 9.75 Å². The summed E-state index contributed by atoms with van der Waals surface area (Å²) in [6.07, 6.45) is 3.79. The third-order valence-electron chi connectivity index (χ3n) is 2.61. The second-order valence-corrected chi connectivity index (χ2v) is 4.85. The van der Waals surface area contributed by atoms with Gasteiger partial charge in [0.25, 0.3) is 0 Å². The normalized spacial score (nSPS) is 21.3. The number of rotatable bonds is 2. The maximum Gasteiger partial charge on any atom is 0.0112 e. The Labute approximate surface area is 77.6 Å². The van der Waals surface area contributed by atoms with Crippen LogP contribution in [-0.4, -0.2) is 6.54 Å². The van der Waals surface area contributed by atoms with Crippen molar-refractivity contribution in [1.29, 1.82) is 0 Å². The largest absolute Gasteiger partial charge is 0.330 e. The van der Waals surface area contributed by atoms with Gasteiger partial charge >= 0.3 is 0 Å². The lowest BCUT2D eigenvalue weighted by atomic mass is 10.1. The molecule has 2 heteroatoms.